The van der Waals surface area contributed by atoms with Crippen molar-refractivity contribution in [1.29, 1.82) is 0 Å². The van der Waals surface area contributed by atoms with Crippen LogP contribution in [0.15, 0.2) is 96.0 Å². The first-order valence-corrected chi connectivity index (χ1v) is 22.4. The van der Waals surface area contributed by atoms with Crippen molar-refractivity contribution < 1.29 is 28.5 Å². The van der Waals surface area contributed by atoms with Crippen LogP contribution in [0.25, 0.3) is 0 Å². The molecule has 0 aromatic heterocycles. The highest BCUT2D eigenvalue weighted by Gasteiger charge is 2.38. The van der Waals surface area contributed by atoms with Gasteiger partial charge in [-0.2, -0.15) is 11.8 Å². The number of anilines is 3. The maximum Gasteiger partial charge on any atom is 0.261 e. The average molecular weight is 837 g/mol. The van der Waals surface area contributed by atoms with E-state index >= 15 is 0 Å². The second kappa shape index (κ2) is 17.7. The van der Waals surface area contributed by atoms with Crippen LogP contribution in [-0.4, -0.2) is 62.7 Å². The van der Waals surface area contributed by atoms with Crippen molar-refractivity contribution in [3.05, 3.63) is 136 Å². The van der Waals surface area contributed by atoms with Gasteiger partial charge in [-0.15, -0.1) is 0 Å². The number of aliphatic imine (C=N–C) groups is 1. The van der Waals surface area contributed by atoms with Gasteiger partial charge in [0.2, 0.25) is 0 Å². The number of hydrogen-bond donors (Lipinski definition) is 1. The Labute approximate surface area is 362 Å². The van der Waals surface area contributed by atoms with E-state index in [1.165, 1.54) is 5.56 Å². The van der Waals surface area contributed by atoms with E-state index in [9.17, 15) is 9.59 Å². The highest BCUT2D eigenvalue weighted by Crippen LogP contribution is 2.42. The number of para-hydroxylation sites is 2. The summed E-state index contributed by atoms with van der Waals surface area (Å²) in [6.07, 6.45) is 4.48. The largest absolute Gasteiger partial charge is 0.493 e. The number of hydrogen-bond acceptors (Lipinski definition) is 9. The summed E-state index contributed by atoms with van der Waals surface area (Å²) >= 11 is 1.84. The normalized spacial score (nSPS) is 17.1. The van der Waals surface area contributed by atoms with Crippen LogP contribution in [-0.2, 0) is 36.5 Å². The maximum atomic E-state index is 14.0. The van der Waals surface area contributed by atoms with Gasteiger partial charge in [-0.25, -0.2) is 0 Å². The molecule has 0 aliphatic carbocycles. The lowest BCUT2D eigenvalue weighted by molar-refractivity contribution is 0.0977. The van der Waals surface area contributed by atoms with Gasteiger partial charge in [0.25, 0.3) is 11.8 Å². The van der Waals surface area contributed by atoms with Crippen molar-refractivity contribution >= 4 is 52.5 Å². The van der Waals surface area contributed by atoms with Gasteiger partial charge in [0.05, 0.1) is 48.3 Å². The molecule has 0 spiro atoms. The summed E-state index contributed by atoms with van der Waals surface area (Å²) in [7, 11) is 1.59. The number of aryl methyl sites for hydroxylation is 1. The van der Waals surface area contributed by atoms with Gasteiger partial charge in [-0.05, 0) is 89.4 Å². The van der Waals surface area contributed by atoms with E-state index in [0.717, 1.165) is 88.0 Å². The Bertz CT molecular complexity index is 2500. The fraction of sp³-hybridized carbons (Fsp3) is 0.340. The summed E-state index contributed by atoms with van der Waals surface area (Å²) in [4.78, 5) is 36.5. The molecule has 2 amide bonds. The third kappa shape index (κ3) is 8.46. The monoisotopic (exact) mass is 836 g/mol. The van der Waals surface area contributed by atoms with Crippen molar-refractivity contribution in [2.24, 2.45) is 10.9 Å². The molecule has 11 heteroatoms. The van der Waals surface area contributed by atoms with Crippen molar-refractivity contribution in [3.8, 4) is 17.2 Å². The van der Waals surface area contributed by atoms with Gasteiger partial charge in [-0.3, -0.25) is 19.5 Å². The van der Waals surface area contributed by atoms with Crippen LogP contribution in [0, 0.1) is 12.8 Å². The third-order valence-electron chi connectivity index (χ3n) is 11.9. The molecule has 0 unspecified atom stereocenters. The van der Waals surface area contributed by atoms with Crippen LogP contribution in [0.1, 0.15) is 74.4 Å². The number of amides is 2. The quantitative estimate of drug-likeness (QED) is 0.104. The summed E-state index contributed by atoms with van der Waals surface area (Å²) in [6, 6.07) is 30.1. The molecule has 1 N–H and O–H groups in total. The number of nitrogens with one attached hydrogen (secondary N) is 1. The van der Waals surface area contributed by atoms with Gasteiger partial charge in [0.1, 0.15) is 19.0 Å². The summed E-state index contributed by atoms with van der Waals surface area (Å²) in [5, 5.41) is 3.56. The SMILES string of the molecule is COc1cc2c(cc1OCc1cc(COc3cc4c(cc3C)C(=O)N3c5ccccc5C[C@H]3CN4)cc(CSCCOCCC(C)C)c1)N=C[C@@H]1Cc3ccccc3N1C2=O. The minimum absolute atomic E-state index is 0.0143. The van der Waals surface area contributed by atoms with Gasteiger partial charge in [-0.1, -0.05) is 62.4 Å². The summed E-state index contributed by atoms with van der Waals surface area (Å²) in [5.41, 5.74) is 10.8. The predicted molar refractivity (Wildman–Crippen MR) is 244 cm³/mol. The van der Waals surface area contributed by atoms with Gasteiger partial charge in [0, 0.05) is 60.8 Å². The predicted octanol–water partition coefficient (Wildman–Crippen LogP) is 9.74. The zero-order valence-electron chi connectivity index (χ0n) is 35.2. The van der Waals surface area contributed by atoms with E-state index in [2.05, 4.69) is 49.5 Å². The van der Waals surface area contributed by atoms with Crippen LogP contribution < -0.4 is 29.3 Å². The molecule has 9 rings (SSSR count). The van der Waals surface area contributed by atoms with Crippen LogP contribution in [0.3, 0.4) is 0 Å². The van der Waals surface area contributed by atoms with E-state index in [0.29, 0.717) is 54.0 Å². The molecule has 0 radical (unpaired) electrons. The summed E-state index contributed by atoms with van der Waals surface area (Å²) in [5.74, 6) is 3.94. The molecule has 5 aromatic rings. The number of rotatable bonds is 15. The van der Waals surface area contributed by atoms with E-state index < -0.39 is 0 Å². The fourth-order valence-corrected chi connectivity index (χ4v) is 9.54. The smallest absolute Gasteiger partial charge is 0.261 e. The lowest BCUT2D eigenvalue weighted by Gasteiger charge is -2.22. The average Bonchev–Trinajstić information content (AvgIpc) is 3.76. The van der Waals surface area contributed by atoms with E-state index in [1.807, 2.05) is 89.3 Å². The highest BCUT2D eigenvalue weighted by molar-refractivity contribution is 7.98. The van der Waals surface area contributed by atoms with Crippen molar-refractivity contribution in [2.45, 2.75) is 71.1 Å². The first-order valence-electron chi connectivity index (χ1n) is 21.2. The molecule has 0 saturated heterocycles. The van der Waals surface area contributed by atoms with Crippen molar-refractivity contribution in [1.82, 2.24) is 0 Å². The Kier molecular flexibility index (Phi) is 11.8. The van der Waals surface area contributed by atoms with Crippen LogP contribution in [0.2, 0.25) is 0 Å². The van der Waals surface area contributed by atoms with E-state index in [1.54, 1.807) is 13.2 Å². The Morgan fingerprint density at radius 2 is 1.46 bits per heavy atom. The number of thioether (sulfide) groups is 1. The number of nitrogens with zero attached hydrogens (tertiary/aromatic N) is 3. The molecule has 2 atom stereocenters. The number of fused-ring (bicyclic) bond motifs is 8. The lowest BCUT2D eigenvalue weighted by atomic mass is 10.1. The van der Waals surface area contributed by atoms with Crippen molar-refractivity contribution in [3.63, 3.8) is 0 Å². The van der Waals surface area contributed by atoms with Gasteiger partial charge >= 0.3 is 0 Å². The molecular formula is C50H52N4O6S. The number of carbonyl (C=O) groups is 2. The molecular weight excluding hydrogens is 785 g/mol. The zero-order chi connectivity index (χ0) is 42.0. The van der Waals surface area contributed by atoms with Crippen LogP contribution in [0.5, 0.6) is 17.2 Å². The summed E-state index contributed by atoms with van der Waals surface area (Å²) < 4.78 is 24.7. The van der Waals surface area contributed by atoms with Crippen LogP contribution in [0.4, 0.5) is 22.7 Å². The number of ether oxygens (including phenoxy) is 4. The number of carbonyl (C=O) groups excluding carboxylic acids is 2. The molecule has 5 aromatic carbocycles. The maximum absolute atomic E-state index is 14.0. The summed E-state index contributed by atoms with van der Waals surface area (Å²) in [6.45, 7) is 9.17. The number of methoxy groups -OCH3 is 1. The molecule has 0 fully saturated rings. The molecule has 0 saturated carbocycles. The Morgan fingerprint density at radius 1 is 0.770 bits per heavy atom. The molecule has 314 valence electrons. The lowest BCUT2D eigenvalue weighted by Crippen LogP contribution is -2.39. The van der Waals surface area contributed by atoms with Gasteiger partial charge < -0.3 is 29.2 Å². The van der Waals surface area contributed by atoms with E-state index in [4.69, 9.17) is 23.9 Å². The standard InChI is InChI=1S/C50H52N4O6S/c1-31(2)13-14-58-15-16-61-30-35-19-33(28-59-46-24-42-40(17-32(46)3)49(55)53-38(26-51-42)21-36-9-5-7-11-44(36)53)18-34(20-35)29-60-48-25-43-41(23-47(48)57-4)50(56)54-39(27-52-43)22-37-10-6-8-12-45(37)54/h5-12,17-20,23-25,27,31,38-39,51H,13-16,21-22,26,28-30H2,1-4H3/t38-,39-/m0/s1. The zero-order valence-corrected chi connectivity index (χ0v) is 36.1. The van der Waals surface area contributed by atoms with Crippen molar-refractivity contribution in [2.75, 3.05) is 47.7 Å². The Morgan fingerprint density at radius 3 is 2.21 bits per heavy atom. The fourth-order valence-electron chi connectivity index (χ4n) is 8.75. The Hall–Kier alpha value is -5.78. The molecule has 61 heavy (non-hydrogen) atoms. The molecule has 0 bridgehead atoms. The highest BCUT2D eigenvalue weighted by atomic mass is 32.2. The minimum Gasteiger partial charge on any atom is -0.493 e. The first kappa shape index (κ1) is 40.6. The van der Waals surface area contributed by atoms with Crippen LogP contribution >= 0.6 is 11.8 Å². The second-order valence-corrected chi connectivity index (χ2v) is 17.8. The van der Waals surface area contributed by atoms with Gasteiger partial charge in [0.15, 0.2) is 11.5 Å². The second-order valence-electron chi connectivity index (χ2n) is 16.7. The first-order chi connectivity index (χ1) is 29.7. The minimum atomic E-state index is -0.148. The Balaban J connectivity index is 0.928. The molecule has 4 aliphatic heterocycles. The molecule has 10 nitrogen and oxygen atoms in total. The molecule has 4 aliphatic rings. The molecule has 4 heterocycles. The van der Waals surface area contributed by atoms with E-state index in [-0.39, 0.29) is 30.5 Å². The topological polar surface area (TPSA) is 102 Å². The number of benzene rings is 5. The third-order valence-corrected chi connectivity index (χ3v) is 12.9.